The highest BCUT2D eigenvalue weighted by atomic mass is 35.5. The second-order valence-electron chi connectivity index (χ2n) is 4.13. The van der Waals surface area contributed by atoms with Crippen molar-refractivity contribution in [3.05, 3.63) is 29.0 Å². The van der Waals surface area contributed by atoms with E-state index in [0.717, 1.165) is 6.42 Å². The van der Waals surface area contributed by atoms with Crippen molar-refractivity contribution in [2.45, 2.75) is 23.8 Å². The molecule has 17 heavy (non-hydrogen) atoms. The molecular weight excluding hydrogens is 262 g/mol. The van der Waals surface area contributed by atoms with Gasteiger partial charge in [-0.05, 0) is 30.5 Å². The van der Waals surface area contributed by atoms with Gasteiger partial charge in [0.15, 0.2) is 9.84 Å². The fraction of sp³-hybridized carbons (Fsp3) is 0.545. The third kappa shape index (κ3) is 3.40. The predicted octanol–water partition coefficient (Wildman–Crippen LogP) is 1.83. The van der Waals surface area contributed by atoms with Crippen molar-refractivity contribution in [1.29, 1.82) is 0 Å². The van der Waals surface area contributed by atoms with Crippen molar-refractivity contribution in [2.75, 3.05) is 13.2 Å². The first-order valence-corrected chi connectivity index (χ1v) is 7.57. The minimum absolute atomic E-state index is 0.00324. The lowest BCUT2D eigenvalue weighted by atomic mass is 10.2. The van der Waals surface area contributed by atoms with Crippen LogP contribution in [0, 0.1) is 0 Å². The van der Waals surface area contributed by atoms with Crippen LogP contribution in [-0.4, -0.2) is 31.9 Å². The first kappa shape index (κ1) is 12.8. The maximum atomic E-state index is 12.1. The summed E-state index contributed by atoms with van der Waals surface area (Å²) < 4.78 is 29.5. The van der Waals surface area contributed by atoms with Gasteiger partial charge in [0, 0.05) is 12.8 Å². The van der Waals surface area contributed by atoms with Crippen molar-refractivity contribution < 1.29 is 13.2 Å². The molecule has 0 aromatic carbocycles. The first-order chi connectivity index (χ1) is 8.08. The molecule has 6 heteroatoms. The zero-order chi connectivity index (χ0) is 12.3. The molecule has 0 N–H and O–H groups in total. The zero-order valence-corrected chi connectivity index (χ0v) is 10.9. The van der Waals surface area contributed by atoms with Crippen molar-refractivity contribution in [3.63, 3.8) is 0 Å². The molecule has 1 aliphatic heterocycles. The lowest BCUT2D eigenvalue weighted by molar-refractivity contribution is 0.0991. The van der Waals surface area contributed by atoms with Gasteiger partial charge in [0.25, 0.3) is 0 Å². The summed E-state index contributed by atoms with van der Waals surface area (Å²) in [4.78, 5) is 3.83. The smallest absolute Gasteiger partial charge is 0.159 e. The maximum absolute atomic E-state index is 12.1. The molecule has 0 saturated carbocycles. The Morgan fingerprint density at radius 1 is 1.53 bits per heavy atom. The highest BCUT2D eigenvalue weighted by Gasteiger charge is 2.28. The summed E-state index contributed by atoms with van der Waals surface area (Å²) in [6.07, 6.45) is 3.01. The minimum atomic E-state index is -3.16. The SMILES string of the molecule is O=S(=O)(Cc1ccnc(Cl)c1)[C@H]1CCCOC1. The Balaban J connectivity index is 2.11. The van der Waals surface area contributed by atoms with Gasteiger partial charge in [-0.15, -0.1) is 0 Å². The van der Waals surface area contributed by atoms with Crippen molar-refractivity contribution >= 4 is 21.4 Å². The Kier molecular flexibility index (Phi) is 4.01. The summed E-state index contributed by atoms with van der Waals surface area (Å²) in [5, 5.41) is -0.0687. The summed E-state index contributed by atoms with van der Waals surface area (Å²) in [5.41, 5.74) is 0.676. The summed E-state index contributed by atoms with van der Waals surface area (Å²) in [5.74, 6) is 0.00324. The summed E-state index contributed by atoms with van der Waals surface area (Å²) >= 11 is 5.73. The third-order valence-corrected chi connectivity index (χ3v) is 5.12. The summed E-state index contributed by atoms with van der Waals surface area (Å²) in [7, 11) is -3.16. The first-order valence-electron chi connectivity index (χ1n) is 5.48. The van der Waals surface area contributed by atoms with E-state index in [0.29, 0.717) is 30.4 Å². The van der Waals surface area contributed by atoms with Crippen LogP contribution in [0.1, 0.15) is 18.4 Å². The van der Waals surface area contributed by atoms with Crippen molar-refractivity contribution in [2.24, 2.45) is 0 Å². The van der Waals surface area contributed by atoms with E-state index in [4.69, 9.17) is 16.3 Å². The number of sulfone groups is 1. The Morgan fingerprint density at radius 2 is 2.35 bits per heavy atom. The molecule has 1 aliphatic rings. The number of hydrogen-bond acceptors (Lipinski definition) is 4. The van der Waals surface area contributed by atoms with Gasteiger partial charge in [-0.25, -0.2) is 13.4 Å². The monoisotopic (exact) mass is 275 g/mol. The van der Waals surface area contributed by atoms with E-state index in [9.17, 15) is 8.42 Å². The summed E-state index contributed by atoms with van der Waals surface area (Å²) in [6.45, 7) is 0.967. The molecule has 0 unspecified atom stereocenters. The van der Waals surface area contributed by atoms with Gasteiger partial charge in [-0.3, -0.25) is 0 Å². The predicted molar refractivity (Wildman–Crippen MR) is 65.7 cm³/mol. The highest BCUT2D eigenvalue weighted by molar-refractivity contribution is 7.91. The van der Waals surface area contributed by atoms with E-state index in [1.165, 1.54) is 6.20 Å². The highest BCUT2D eigenvalue weighted by Crippen LogP contribution is 2.19. The molecular formula is C11H14ClNO3S. The molecule has 1 aromatic heterocycles. The van der Waals surface area contributed by atoms with Crippen LogP contribution >= 0.6 is 11.6 Å². The molecule has 0 spiro atoms. The van der Waals surface area contributed by atoms with Crippen LogP contribution < -0.4 is 0 Å². The summed E-state index contributed by atoms with van der Waals surface area (Å²) in [6, 6.07) is 3.26. The van der Waals surface area contributed by atoms with E-state index in [1.807, 2.05) is 0 Å². The largest absolute Gasteiger partial charge is 0.380 e. The Hall–Kier alpha value is -0.650. The lowest BCUT2D eigenvalue weighted by Gasteiger charge is -2.22. The van der Waals surface area contributed by atoms with Gasteiger partial charge < -0.3 is 4.74 Å². The molecule has 0 aliphatic carbocycles. The molecule has 0 amide bonds. The molecule has 0 bridgehead atoms. The third-order valence-electron chi connectivity index (χ3n) is 2.79. The Bertz CT molecular complexity index is 483. The Morgan fingerprint density at radius 3 is 3.00 bits per heavy atom. The number of aromatic nitrogens is 1. The van der Waals surface area contributed by atoms with E-state index in [1.54, 1.807) is 12.1 Å². The minimum Gasteiger partial charge on any atom is -0.380 e. The van der Waals surface area contributed by atoms with E-state index < -0.39 is 9.84 Å². The maximum Gasteiger partial charge on any atom is 0.159 e. The van der Waals surface area contributed by atoms with E-state index >= 15 is 0 Å². The van der Waals surface area contributed by atoms with Crippen LogP contribution in [-0.2, 0) is 20.3 Å². The topological polar surface area (TPSA) is 56.3 Å². The zero-order valence-electron chi connectivity index (χ0n) is 9.30. The van der Waals surface area contributed by atoms with Crippen LogP contribution in [0.4, 0.5) is 0 Å². The van der Waals surface area contributed by atoms with Gasteiger partial charge in [-0.1, -0.05) is 11.6 Å². The van der Waals surface area contributed by atoms with Gasteiger partial charge >= 0.3 is 0 Å². The van der Waals surface area contributed by atoms with E-state index in [-0.39, 0.29) is 11.0 Å². The molecule has 2 heterocycles. The molecule has 1 aromatic rings. The second-order valence-corrected chi connectivity index (χ2v) is 6.80. The van der Waals surface area contributed by atoms with E-state index in [2.05, 4.69) is 4.98 Å². The number of hydrogen-bond donors (Lipinski definition) is 0. The van der Waals surface area contributed by atoms with Gasteiger partial charge in [0.2, 0.25) is 0 Å². The number of halogens is 1. The standard InChI is InChI=1S/C11H14ClNO3S/c12-11-6-9(3-4-13-11)8-17(14,15)10-2-1-5-16-7-10/h3-4,6,10H,1-2,5,7-8H2/t10-/m0/s1. The quantitative estimate of drug-likeness (QED) is 0.790. The van der Waals surface area contributed by atoms with Gasteiger partial charge in [-0.2, -0.15) is 0 Å². The lowest BCUT2D eigenvalue weighted by Crippen LogP contribution is -2.31. The van der Waals surface area contributed by atoms with Crippen molar-refractivity contribution in [1.82, 2.24) is 4.98 Å². The Labute approximate surface area is 106 Å². The van der Waals surface area contributed by atoms with Gasteiger partial charge in [0.1, 0.15) is 5.15 Å². The number of ether oxygens (including phenoxy) is 1. The van der Waals surface area contributed by atoms with Crippen LogP contribution in [0.5, 0.6) is 0 Å². The number of pyridine rings is 1. The molecule has 1 atom stereocenters. The molecule has 94 valence electrons. The van der Waals surface area contributed by atoms with Crippen LogP contribution in [0.3, 0.4) is 0 Å². The average Bonchev–Trinajstić information content (AvgIpc) is 2.29. The normalized spacial score (nSPS) is 21.4. The molecule has 1 fully saturated rings. The molecule has 2 rings (SSSR count). The van der Waals surface area contributed by atoms with Crippen LogP contribution in [0.25, 0.3) is 0 Å². The number of rotatable bonds is 3. The molecule has 1 saturated heterocycles. The van der Waals surface area contributed by atoms with Crippen molar-refractivity contribution in [3.8, 4) is 0 Å². The molecule has 4 nitrogen and oxygen atoms in total. The number of nitrogens with zero attached hydrogens (tertiary/aromatic N) is 1. The fourth-order valence-electron chi connectivity index (χ4n) is 1.88. The average molecular weight is 276 g/mol. The van der Waals surface area contributed by atoms with Crippen LogP contribution in [0.2, 0.25) is 5.15 Å². The molecule has 0 radical (unpaired) electrons. The second kappa shape index (κ2) is 5.33. The van der Waals surface area contributed by atoms with Crippen LogP contribution in [0.15, 0.2) is 18.3 Å². The van der Waals surface area contributed by atoms with Gasteiger partial charge in [0.05, 0.1) is 17.6 Å². The fourth-order valence-corrected chi connectivity index (χ4v) is 3.78.